The highest BCUT2D eigenvalue weighted by Crippen LogP contribution is 2.41. The first-order valence-corrected chi connectivity index (χ1v) is 10.9. The van der Waals surface area contributed by atoms with Crippen molar-refractivity contribution in [2.45, 2.75) is 81.5 Å². The van der Waals surface area contributed by atoms with Crippen LogP contribution in [0.1, 0.15) is 41.0 Å². The molecule has 3 rings (SSSR count). The van der Waals surface area contributed by atoms with Crippen molar-refractivity contribution in [2.75, 3.05) is 18.1 Å². The summed E-state index contributed by atoms with van der Waals surface area (Å²) in [5, 5.41) is 3.12. The Bertz CT molecular complexity index is 495. The largest absolute Gasteiger partial charge is 0.349 e. The van der Waals surface area contributed by atoms with Gasteiger partial charge in [-0.05, 0) is 45.6 Å². The molecule has 0 spiro atoms. The van der Waals surface area contributed by atoms with Crippen molar-refractivity contribution in [3.63, 3.8) is 0 Å². The summed E-state index contributed by atoms with van der Waals surface area (Å²) in [4.78, 5) is 11.9. The van der Waals surface area contributed by atoms with Crippen LogP contribution in [-0.2, 0) is 23.7 Å². The van der Waals surface area contributed by atoms with Crippen LogP contribution in [0.2, 0.25) is 0 Å². The molecule has 6 nitrogen and oxygen atoms in total. The molecule has 0 bridgehead atoms. The van der Waals surface area contributed by atoms with Crippen LogP contribution < -0.4 is 5.32 Å². The lowest BCUT2D eigenvalue weighted by atomic mass is 10.0. The molecule has 3 heterocycles. The molecule has 1 N–H and O–H groups in total. The summed E-state index contributed by atoms with van der Waals surface area (Å²) >= 11 is 3.77. The molecule has 4 atom stereocenters. The summed E-state index contributed by atoms with van der Waals surface area (Å²) in [7, 11) is 0. The lowest BCUT2D eigenvalue weighted by Gasteiger charge is -2.35. The lowest BCUT2D eigenvalue weighted by Crippen LogP contribution is -2.55. The zero-order valence-corrected chi connectivity index (χ0v) is 17.2. The molecular weight excluding hydrogens is 362 g/mol. The lowest BCUT2D eigenvalue weighted by molar-refractivity contribution is -0.174. The predicted octanol–water partition coefficient (Wildman–Crippen LogP) is 2.36. The van der Waals surface area contributed by atoms with Crippen LogP contribution in [0.5, 0.6) is 0 Å². The molecule has 0 aromatic heterocycles. The van der Waals surface area contributed by atoms with Crippen molar-refractivity contribution in [1.82, 2.24) is 5.32 Å². The van der Waals surface area contributed by atoms with E-state index < -0.39 is 11.6 Å². The zero-order chi connectivity index (χ0) is 18.2. The first kappa shape index (κ1) is 19.8. The third-order valence-corrected chi connectivity index (χ3v) is 7.54. The van der Waals surface area contributed by atoms with Gasteiger partial charge in [0.1, 0.15) is 18.3 Å². The third-order valence-electron chi connectivity index (χ3n) is 4.43. The number of ether oxygens (including phenoxy) is 4. The maximum absolute atomic E-state index is 11.9. The summed E-state index contributed by atoms with van der Waals surface area (Å²) in [5.41, 5.74) is 0. The van der Waals surface area contributed by atoms with Crippen molar-refractivity contribution in [1.29, 1.82) is 0 Å². The van der Waals surface area contributed by atoms with Gasteiger partial charge in [0.05, 0.1) is 17.2 Å². The van der Waals surface area contributed by atoms with Gasteiger partial charge >= 0.3 is 0 Å². The normalized spacial score (nSPS) is 36.3. The fourth-order valence-electron chi connectivity index (χ4n) is 3.51. The van der Waals surface area contributed by atoms with Crippen molar-refractivity contribution >= 4 is 29.4 Å². The maximum atomic E-state index is 11.9. The number of thioether (sulfide) groups is 2. The molecule has 3 fully saturated rings. The minimum absolute atomic E-state index is 0.0484. The van der Waals surface area contributed by atoms with E-state index in [0.717, 1.165) is 11.5 Å². The number of carbonyl (C=O) groups is 1. The Balaban J connectivity index is 1.81. The Labute approximate surface area is 158 Å². The van der Waals surface area contributed by atoms with E-state index in [-0.39, 0.29) is 34.8 Å². The molecule has 3 saturated heterocycles. The molecule has 0 aromatic rings. The van der Waals surface area contributed by atoms with E-state index in [9.17, 15) is 4.79 Å². The Hall–Kier alpha value is 0.01000. The van der Waals surface area contributed by atoms with E-state index in [2.05, 4.69) is 5.32 Å². The van der Waals surface area contributed by atoms with Gasteiger partial charge in [0.2, 0.25) is 5.91 Å². The van der Waals surface area contributed by atoms with Crippen LogP contribution in [-0.4, -0.2) is 64.5 Å². The van der Waals surface area contributed by atoms with Crippen molar-refractivity contribution in [3.05, 3.63) is 0 Å². The first-order chi connectivity index (χ1) is 11.7. The molecule has 3 aliphatic rings. The molecule has 1 amide bonds. The van der Waals surface area contributed by atoms with Crippen molar-refractivity contribution in [2.24, 2.45) is 0 Å². The fourth-order valence-corrected chi connectivity index (χ4v) is 6.60. The number of rotatable bonds is 4. The number of amides is 1. The maximum Gasteiger partial charge on any atom is 0.217 e. The van der Waals surface area contributed by atoms with Gasteiger partial charge in [-0.1, -0.05) is 0 Å². The van der Waals surface area contributed by atoms with Crippen LogP contribution in [0.15, 0.2) is 0 Å². The van der Waals surface area contributed by atoms with E-state index >= 15 is 0 Å². The highest BCUT2D eigenvalue weighted by atomic mass is 32.2. The smallest absolute Gasteiger partial charge is 0.217 e. The average molecular weight is 392 g/mol. The molecule has 0 unspecified atom stereocenters. The van der Waals surface area contributed by atoms with Gasteiger partial charge in [-0.2, -0.15) is 0 Å². The molecule has 3 aliphatic heterocycles. The third kappa shape index (κ3) is 4.84. The average Bonchev–Trinajstić information content (AvgIpc) is 3.04. The molecule has 8 heteroatoms. The van der Waals surface area contributed by atoms with E-state index in [1.54, 1.807) is 6.92 Å². The summed E-state index contributed by atoms with van der Waals surface area (Å²) < 4.78 is 24.5. The van der Waals surface area contributed by atoms with Gasteiger partial charge < -0.3 is 24.3 Å². The summed E-state index contributed by atoms with van der Waals surface area (Å²) in [6.45, 7) is 9.65. The summed E-state index contributed by atoms with van der Waals surface area (Å²) in [5.74, 6) is 0.819. The summed E-state index contributed by atoms with van der Waals surface area (Å²) in [6, 6.07) is -0.133. The molecule has 0 saturated carbocycles. The van der Waals surface area contributed by atoms with Crippen molar-refractivity contribution < 1.29 is 23.7 Å². The van der Waals surface area contributed by atoms with Crippen LogP contribution in [0.3, 0.4) is 0 Å². The number of hydrogen-bond donors (Lipinski definition) is 1. The topological polar surface area (TPSA) is 66.0 Å². The fraction of sp³-hybridized carbons (Fsp3) is 0.941. The Morgan fingerprint density at radius 3 is 2.32 bits per heavy atom. The van der Waals surface area contributed by atoms with Gasteiger partial charge in [0, 0.05) is 6.92 Å². The highest BCUT2D eigenvalue weighted by Gasteiger charge is 2.53. The minimum Gasteiger partial charge on any atom is -0.349 e. The van der Waals surface area contributed by atoms with Crippen LogP contribution >= 0.6 is 23.5 Å². The van der Waals surface area contributed by atoms with Gasteiger partial charge in [-0.3, -0.25) is 4.79 Å². The van der Waals surface area contributed by atoms with Crippen LogP contribution in [0, 0.1) is 0 Å². The molecular formula is C17H29NO5S2. The van der Waals surface area contributed by atoms with Gasteiger partial charge in [-0.15, -0.1) is 23.5 Å². The van der Waals surface area contributed by atoms with Crippen LogP contribution in [0.4, 0.5) is 0 Å². The minimum atomic E-state index is -0.716. The van der Waals surface area contributed by atoms with Gasteiger partial charge in [0.15, 0.2) is 11.6 Å². The highest BCUT2D eigenvalue weighted by molar-refractivity contribution is 8.17. The van der Waals surface area contributed by atoms with Crippen molar-refractivity contribution in [3.8, 4) is 0 Å². The zero-order valence-electron chi connectivity index (χ0n) is 15.6. The van der Waals surface area contributed by atoms with E-state index in [1.807, 2.05) is 51.2 Å². The quantitative estimate of drug-likeness (QED) is 0.789. The number of carbonyl (C=O) groups excluding carboxylic acids is 1. The molecule has 0 radical (unpaired) electrons. The number of hydrogen-bond acceptors (Lipinski definition) is 7. The van der Waals surface area contributed by atoms with Crippen LogP contribution in [0.25, 0.3) is 0 Å². The Kier molecular flexibility index (Phi) is 5.98. The second kappa shape index (κ2) is 7.56. The summed E-state index contributed by atoms with van der Waals surface area (Å²) in [6.07, 6.45) is 0.432. The Morgan fingerprint density at radius 1 is 1.08 bits per heavy atom. The molecule has 25 heavy (non-hydrogen) atoms. The second-order valence-corrected chi connectivity index (χ2v) is 10.4. The van der Waals surface area contributed by atoms with E-state index in [0.29, 0.717) is 6.61 Å². The van der Waals surface area contributed by atoms with Gasteiger partial charge in [-0.25, -0.2) is 0 Å². The monoisotopic (exact) mass is 391 g/mol. The number of nitrogens with one attached hydrogen (secondary N) is 1. The Morgan fingerprint density at radius 2 is 1.76 bits per heavy atom. The SMILES string of the molecule is CC(=O)N[C@@H](C1SCCCS1)[C@H]1OC(C)(C)O[C@@H]1[C@H]1COC(C)(C)O1. The second-order valence-electron chi connectivity index (χ2n) is 7.62. The van der Waals surface area contributed by atoms with Gasteiger partial charge in [0.25, 0.3) is 0 Å². The van der Waals surface area contributed by atoms with E-state index in [1.165, 1.54) is 6.42 Å². The van der Waals surface area contributed by atoms with E-state index in [4.69, 9.17) is 18.9 Å². The molecule has 0 aromatic carbocycles. The predicted molar refractivity (Wildman–Crippen MR) is 99.7 cm³/mol. The molecule has 144 valence electrons. The standard InChI is InChI=1S/C17H29NO5S2/c1-10(19)18-12(15-24-7-6-8-25-15)14-13(22-17(4,5)23-14)11-9-20-16(2,3)21-11/h11-15H,6-9H2,1-5H3,(H,18,19)/t11-,12-,13-,14-/m1/s1. The first-order valence-electron chi connectivity index (χ1n) is 8.85. The molecule has 0 aliphatic carbocycles.